The van der Waals surface area contributed by atoms with E-state index in [4.69, 9.17) is 0 Å². The summed E-state index contributed by atoms with van der Waals surface area (Å²) in [4.78, 5) is 27.8. The van der Waals surface area contributed by atoms with E-state index in [0.717, 1.165) is 25.9 Å². The van der Waals surface area contributed by atoms with Crippen LogP contribution in [-0.2, 0) is 4.79 Å². The van der Waals surface area contributed by atoms with Crippen molar-refractivity contribution in [1.82, 2.24) is 4.90 Å². The van der Waals surface area contributed by atoms with E-state index in [2.05, 4.69) is 13.8 Å². The van der Waals surface area contributed by atoms with Gasteiger partial charge in [0.05, 0.1) is 4.92 Å². The molecule has 0 N–H and O–H groups in total. The number of para-hydroxylation sites is 2. The number of piperidine rings is 2. The summed E-state index contributed by atoms with van der Waals surface area (Å²) < 4.78 is 0. The number of nitro benzene ring substituents is 1. The maximum absolute atomic E-state index is 12.9. The number of likely N-dealkylation sites (tertiary alicyclic amines) is 1. The van der Waals surface area contributed by atoms with Gasteiger partial charge < -0.3 is 9.80 Å². The highest BCUT2D eigenvalue weighted by atomic mass is 16.6. The summed E-state index contributed by atoms with van der Waals surface area (Å²) in [5.74, 6) is 1.47. The molecule has 136 valence electrons. The molecular formula is C19H27N3O3. The molecule has 2 heterocycles. The lowest BCUT2D eigenvalue weighted by molar-refractivity contribution is -0.384. The first-order valence-corrected chi connectivity index (χ1v) is 9.23. The van der Waals surface area contributed by atoms with E-state index < -0.39 is 0 Å². The quantitative estimate of drug-likeness (QED) is 0.623. The van der Waals surface area contributed by atoms with Crippen LogP contribution in [0.5, 0.6) is 0 Å². The van der Waals surface area contributed by atoms with Gasteiger partial charge in [-0.25, -0.2) is 0 Å². The average molecular weight is 345 g/mol. The maximum Gasteiger partial charge on any atom is 0.292 e. The van der Waals surface area contributed by atoms with Gasteiger partial charge in [0, 0.05) is 38.2 Å². The molecule has 6 heteroatoms. The second kappa shape index (κ2) is 7.42. The van der Waals surface area contributed by atoms with Crippen LogP contribution in [0.4, 0.5) is 11.4 Å². The first kappa shape index (κ1) is 17.7. The normalized spacial score (nSPS) is 25.0. The minimum absolute atomic E-state index is 0.0523. The number of amides is 1. The molecule has 0 aromatic heterocycles. The molecule has 2 aliphatic rings. The Morgan fingerprint density at radius 3 is 2.32 bits per heavy atom. The van der Waals surface area contributed by atoms with Crippen LogP contribution in [0.1, 0.15) is 33.1 Å². The van der Waals surface area contributed by atoms with Crippen molar-refractivity contribution >= 4 is 17.3 Å². The van der Waals surface area contributed by atoms with Gasteiger partial charge in [0.2, 0.25) is 5.91 Å². The van der Waals surface area contributed by atoms with Crippen molar-refractivity contribution in [3.63, 3.8) is 0 Å². The average Bonchev–Trinajstić information content (AvgIpc) is 2.60. The van der Waals surface area contributed by atoms with Gasteiger partial charge >= 0.3 is 0 Å². The standard InChI is InChI=1S/C19H27N3O3/c1-14-11-15(2)13-21(12-14)19(23)16-7-9-20(10-8-16)17-5-3-4-6-18(17)22(24)25/h3-6,14-16H,7-13H2,1-2H3. The van der Waals surface area contributed by atoms with Gasteiger partial charge in [0.25, 0.3) is 5.69 Å². The fourth-order valence-corrected chi connectivity index (χ4v) is 4.35. The molecule has 0 spiro atoms. The third-order valence-corrected chi connectivity index (χ3v) is 5.44. The molecule has 2 unspecified atom stereocenters. The van der Waals surface area contributed by atoms with Gasteiger partial charge in [-0.05, 0) is 37.2 Å². The summed E-state index contributed by atoms with van der Waals surface area (Å²) in [6.45, 7) is 7.56. The molecule has 0 radical (unpaired) electrons. The third-order valence-electron chi connectivity index (χ3n) is 5.44. The molecule has 1 aromatic rings. The summed E-state index contributed by atoms with van der Waals surface area (Å²) in [6, 6.07) is 6.87. The van der Waals surface area contributed by atoms with Crippen LogP contribution < -0.4 is 4.90 Å². The predicted octanol–water partition coefficient (Wildman–Crippen LogP) is 3.32. The van der Waals surface area contributed by atoms with E-state index >= 15 is 0 Å². The Balaban J connectivity index is 1.62. The van der Waals surface area contributed by atoms with Crippen molar-refractivity contribution in [3.8, 4) is 0 Å². The van der Waals surface area contributed by atoms with Crippen LogP contribution in [0.2, 0.25) is 0 Å². The lowest BCUT2D eigenvalue weighted by Gasteiger charge is -2.39. The van der Waals surface area contributed by atoms with E-state index in [1.807, 2.05) is 15.9 Å². The third kappa shape index (κ3) is 3.94. The number of rotatable bonds is 3. The molecule has 25 heavy (non-hydrogen) atoms. The fraction of sp³-hybridized carbons (Fsp3) is 0.632. The fourth-order valence-electron chi connectivity index (χ4n) is 4.35. The van der Waals surface area contributed by atoms with Gasteiger partial charge in [-0.2, -0.15) is 0 Å². The first-order valence-electron chi connectivity index (χ1n) is 9.23. The van der Waals surface area contributed by atoms with Crippen LogP contribution in [-0.4, -0.2) is 41.9 Å². The molecule has 0 bridgehead atoms. The van der Waals surface area contributed by atoms with Crippen LogP contribution in [0.15, 0.2) is 24.3 Å². The number of nitrogens with zero attached hydrogens (tertiary/aromatic N) is 3. The monoisotopic (exact) mass is 345 g/mol. The number of benzene rings is 1. The molecule has 6 nitrogen and oxygen atoms in total. The minimum Gasteiger partial charge on any atom is -0.366 e. The Labute approximate surface area is 148 Å². The van der Waals surface area contributed by atoms with Crippen molar-refractivity contribution in [2.45, 2.75) is 33.1 Å². The molecule has 2 aliphatic heterocycles. The SMILES string of the molecule is CC1CC(C)CN(C(=O)C2CCN(c3ccccc3[N+](=O)[O-])CC2)C1. The molecule has 2 saturated heterocycles. The summed E-state index contributed by atoms with van der Waals surface area (Å²) >= 11 is 0. The summed E-state index contributed by atoms with van der Waals surface area (Å²) in [6.07, 6.45) is 2.73. The van der Waals surface area contributed by atoms with E-state index in [1.165, 1.54) is 6.42 Å². The number of carbonyl (C=O) groups is 1. The zero-order valence-corrected chi connectivity index (χ0v) is 15.1. The Morgan fingerprint density at radius 1 is 1.12 bits per heavy atom. The highest BCUT2D eigenvalue weighted by Crippen LogP contribution is 2.32. The smallest absolute Gasteiger partial charge is 0.292 e. The van der Waals surface area contributed by atoms with Crippen molar-refractivity contribution in [2.24, 2.45) is 17.8 Å². The summed E-state index contributed by atoms with van der Waals surface area (Å²) in [5, 5.41) is 11.2. The summed E-state index contributed by atoms with van der Waals surface area (Å²) in [7, 11) is 0. The van der Waals surface area contributed by atoms with E-state index in [-0.39, 0.29) is 22.4 Å². The molecule has 1 amide bonds. The van der Waals surface area contributed by atoms with Crippen LogP contribution in [0, 0.1) is 27.9 Å². The number of carbonyl (C=O) groups excluding carboxylic acids is 1. The maximum atomic E-state index is 12.9. The van der Waals surface area contributed by atoms with Gasteiger partial charge in [0.15, 0.2) is 0 Å². The van der Waals surface area contributed by atoms with Gasteiger partial charge in [-0.15, -0.1) is 0 Å². The molecule has 1 aromatic carbocycles. The Morgan fingerprint density at radius 2 is 1.72 bits per heavy atom. The van der Waals surface area contributed by atoms with Crippen molar-refractivity contribution in [1.29, 1.82) is 0 Å². The van der Waals surface area contributed by atoms with Crippen molar-refractivity contribution in [3.05, 3.63) is 34.4 Å². The zero-order chi connectivity index (χ0) is 18.0. The molecular weight excluding hydrogens is 318 g/mol. The Kier molecular flexibility index (Phi) is 5.25. The van der Waals surface area contributed by atoms with Crippen molar-refractivity contribution in [2.75, 3.05) is 31.1 Å². The number of nitro groups is 1. The number of anilines is 1. The molecule has 0 saturated carbocycles. The largest absolute Gasteiger partial charge is 0.366 e. The molecule has 2 fully saturated rings. The zero-order valence-electron chi connectivity index (χ0n) is 15.1. The van der Waals surface area contributed by atoms with Crippen LogP contribution in [0.25, 0.3) is 0 Å². The van der Waals surface area contributed by atoms with E-state index in [9.17, 15) is 14.9 Å². The van der Waals surface area contributed by atoms with Gasteiger partial charge in [0.1, 0.15) is 5.69 Å². The first-order chi connectivity index (χ1) is 12.0. The number of hydrogen-bond acceptors (Lipinski definition) is 4. The minimum atomic E-state index is -0.330. The Hall–Kier alpha value is -2.11. The second-order valence-electron chi connectivity index (χ2n) is 7.70. The number of hydrogen-bond donors (Lipinski definition) is 0. The van der Waals surface area contributed by atoms with Crippen molar-refractivity contribution < 1.29 is 9.72 Å². The lowest BCUT2D eigenvalue weighted by Crippen LogP contribution is -2.47. The lowest BCUT2D eigenvalue weighted by atomic mass is 9.89. The van der Waals surface area contributed by atoms with Gasteiger partial charge in [-0.1, -0.05) is 26.0 Å². The molecule has 2 atom stereocenters. The van der Waals surface area contributed by atoms with Crippen LogP contribution in [0.3, 0.4) is 0 Å². The summed E-state index contributed by atoms with van der Waals surface area (Å²) in [5.41, 5.74) is 0.810. The molecule has 0 aliphatic carbocycles. The second-order valence-corrected chi connectivity index (χ2v) is 7.70. The van der Waals surface area contributed by atoms with Crippen LogP contribution >= 0.6 is 0 Å². The molecule has 3 rings (SSSR count). The predicted molar refractivity (Wildman–Crippen MR) is 97.6 cm³/mol. The van der Waals surface area contributed by atoms with E-state index in [0.29, 0.717) is 30.6 Å². The topological polar surface area (TPSA) is 66.7 Å². The van der Waals surface area contributed by atoms with E-state index in [1.54, 1.807) is 18.2 Å². The highest BCUT2D eigenvalue weighted by molar-refractivity contribution is 5.79. The Bertz CT molecular complexity index is 631. The highest BCUT2D eigenvalue weighted by Gasteiger charge is 2.33. The van der Waals surface area contributed by atoms with Gasteiger partial charge in [-0.3, -0.25) is 14.9 Å².